The Labute approximate surface area is 83.3 Å². The smallest absolute Gasteiger partial charge is 0.272 e. The van der Waals surface area contributed by atoms with Gasteiger partial charge >= 0.3 is 0 Å². The molecular formula is C9H9F4NO. The van der Waals surface area contributed by atoms with E-state index in [-0.39, 0.29) is 0 Å². The summed E-state index contributed by atoms with van der Waals surface area (Å²) in [5.74, 6) is -2.16. The van der Waals surface area contributed by atoms with Crippen molar-refractivity contribution in [3.63, 3.8) is 0 Å². The standard InChI is InChI=1S/C9H9F4NO/c10-5-1-2-6(7(11)3-5)9(15,4-14)8(12)13/h1-3,8,15H,4,14H2. The lowest BCUT2D eigenvalue weighted by Gasteiger charge is -2.26. The molecule has 1 aromatic carbocycles. The minimum atomic E-state index is -3.25. The van der Waals surface area contributed by atoms with Crippen molar-refractivity contribution in [2.75, 3.05) is 6.54 Å². The monoisotopic (exact) mass is 223 g/mol. The van der Waals surface area contributed by atoms with Gasteiger partial charge in [0.25, 0.3) is 6.43 Å². The SMILES string of the molecule is NCC(O)(c1ccc(F)cc1F)C(F)F. The van der Waals surface area contributed by atoms with Crippen molar-refractivity contribution in [2.24, 2.45) is 5.73 Å². The van der Waals surface area contributed by atoms with Crippen molar-refractivity contribution >= 4 is 0 Å². The van der Waals surface area contributed by atoms with Crippen LogP contribution < -0.4 is 5.73 Å². The molecule has 1 rings (SSSR count). The van der Waals surface area contributed by atoms with E-state index in [0.29, 0.717) is 6.07 Å². The largest absolute Gasteiger partial charge is 0.378 e. The Hall–Kier alpha value is -1.14. The van der Waals surface area contributed by atoms with Gasteiger partial charge in [-0.1, -0.05) is 6.07 Å². The van der Waals surface area contributed by atoms with Crippen molar-refractivity contribution in [1.29, 1.82) is 0 Å². The van der Waals surface area contributed by atoms with E-state index in [0.717, 1.165) is 12.1 Å². The number of hydrogen-bond acceptors (Lipinski definition) is 2. The van der Waals surface area contributed by atoms with E-state index in [9.17, 15) is 22.7 Å². The average Bonchev–Trinajstić information content (AvgIpc) is 2.16. The van der Waals surface area contributed by atoms with E-state index in [2.05, 4.69) is 0 Å². The van der Waals surface area contributed by atoms with Gasteiger partial charge in [-0.15, -0.1) is 0 Å². The molecule has 0 aliphatic carbocycles. The molecule has 1 atom stereocenters. The van der Waals surface area contributed by atoms with Gasteiger partial charge in [-0.05, 0) is 6.07 Å². The molecule has 0 radical (unpaired) electrons. The third-order valence-corrected chi connectivity index (χ3v) is 2.07. The first-order valence-electron chi connectivity index (χ1n) is 4.08. The maximum Gasteiger partial charge on any atom is 0.272 e. The number of alkyl halides is 2. The van der Waals surface area contributed by atoms with Gasteiger partial charge in [-0.2, -0.15) is 0 Å². The summed E-state index contributed by atoms with van der Waals surface area (Å²) in [6.45, 7) is -0.854. The molecule has 0 aromatic heterocycles. The first kappa shape index (κ1) is 11.9. The Morgan fingerprint density at radius 1 is 1.33 bits per heavy atom. The second-order valence-electron chi connectivity index (χ2n) is 3.05. The van der Waals surface area contributed by atoms with Gasteiger partial charge in [0.1, 0.15) is 11.6 Å². The second kappa shape index (κ2) is 4.16. The highest BCUT2D eigenvalue weighted by molar-refractivity contribution is 5.26. The van der Waals surface area contributed by atoms with Crippen molar-refractivity contribution < 1.29 is 22.7 Å². The molecule has 0 aliphatic heterocycles. The van der Waals surface area contributed by atoms with Gasteiger partial charge in [0.15, 0.2) is 5.60 Å². The van der Waals surface area contributed by atoms with Crippen molar-refractivity contribution in [3.8, 4) is 0 Å². The molecule has 1 unspecified atom stereocenters. The predicted molar refractivity (Wildman–Crippen MR) is 45.3 cm³/mol. The van der Waals surface area contributed by atoms with Gasteiger partial charge in [0.05, 0.1) is 0 Å². The molecule has 0 fully saturated rings. The lowest BCUT2D eigenvalue weighted by Crippen LogP contribution is -2.42. The summed E-state index contributed by atoms with van der Waals surface area (Å²) in [6.07, 6.45) is -3.25. The summed E-state index contributed by atoms with van der Waals surface area (Å²) in [4.78, 5) is 0. The molecule has 0 spiro atoms. The molecule has 0 saturated carbocycles. The first-order chi connectivity index (χ1) is 6.91. The molecular weight excluding hydrogens is 214 g/mol. The van der Waals surface area contributed by atoms with E-state index < -0.39 is 35.8 Å². The maximum absolute atomic E-state index is 13.1. The van der Waals surface area contributed by atoms with E-state index in [1.165, 1.54) is 0 Å². The molecule has 6 heteroatoms. The highest BCUT2D eigenvalue weighted by Crippen LogP contribution is 2.29. The van der Waals surface area contributed by atoms with Crippen molar-refractivity contribution in [3.05, 3.63) is 35.4 Å². The molecule has 0 amide bonds. The fraction of sp³-hybridized carbons (Fsp3) is 0.333. The van der Waals surface area contributed by atoms with E-state index >= 15 is 0 Å². The third-order valence-electron chi connectivity index (χ3n) is 2.07. The Bertz CT molecular complexity index is 358. The summed E-state index contributed by atoms with van der Waals surface area (Å²) in [7, 11) is 0. The summed E-state index contributed by atoms with van der Waals surface area (Å²) < 4.78 is 50.5. The lowest BCUT2D eigenvalue weighted by atomic mass is 9.94. The van der Waals surface area contributed by atoms with Gasteiger partial charge in [0, 0.05) is 18.2 Å². The van der Waals surface area contributed by atoms with Crippen LogP contribution in [0.2, 0.25) is 0 Å². The van der Waals surface area contributed by atoms with Crippen LogP contribution in [0.15, 0.2) is 18.2 Å². The van der Waals surface area contributed by atoms with Crippen LogP contribution in [0.5, 0.6) is 0 Å². The molecule has 1 aromatic rings. The molecule has 0 heterocycles. The van der Waals surface area contributed by atoms with Gasteiger partial charge in [-0.3, -0.25) is 0 Å². The predicted octanol–water partition coefficient (Wildman–Crippen LogP) is 1.38. The van der Waals surface area contributed by atoms with Crippen LogP contribution in [-0.2, 0) is 5.60 Å². The highest BCUT2D eigenvalue weighted by atomic mass is 19.3. The Kier molecular flexibility index (Phi) is 3.31. The second-order valence-corrected chi connectivity index (χ2v) is 3.05. The number of benzene rings is 1. The molecule has 3 N–H and O–H groups in total. The van der Waals surface area contributed by atoms with Gasteiger partial charge < -0.3 is 10.8 Å². The van der Waals surface area contributed by atoms with E-state index in [4.69, 9.17) is 5.73 Å². The zero-order valence-electron chi connectivity index (χ0n) is 7.55. The Morgan fingerprint density at radius 3 is 2.33 bits per heavy atom. The molecule has 15 heavy (non-hydrogen) atoms. The van der Waals surface area contributed by atoms with Gasteiger partial charge in [-0.25, -0.2) is 17.6 Å². The van der Waals surface area contributed by atoms with Crippen LogP contribution in [-0.4, -0.2) is 18.1 Å². The van der Waals surface area contributed by atoms with Crippen LogP contribution in [0.4, 0.5) is 17.6 Å². The molecule has 0 saturated heterocycles. The van der Waals surface area contributed by atoms with E-state index in [1.807, 2.05) is 0 Å². The fourth-order valence-electron chi connectivity index (χ4n) is 1.16. The van der Waals surface area contributed by atoms with Crippen LogP contribution in [0.25, 0.3) is 0 Å². The van der Waals surface area contributed by atoms with Crippen LogP contribution in [0.1, 0.15) is 5.56 Å². The van der Waals surface area contributed by atoms with Crippen molar-refractivity contribution in [1.82, 2.24) is 0 Å². The number of halogens is 4. The van der Waals surface area contributed by atoms with E-state index in [1.54, 1.807) is 0 Å². The molecule has 84 valence electrons. The fourth-order valence-corrected chi connectivity index (χ4v) is 1.16. The number of rotatable bonds is 3. The minimum Gasteiger partial charge on any atom is -0.378 e. The zero-order valence-corrected chi connectivity index (χ0v) is 7.55. The first-order valence-corrected chi connectivity index (χ1v) is 4.08. The minimum absolute atomic E-state index is 0.415. The molecule has 2 nitrogen and oxygen atoms in total. The topological polar surface area (TPSA) is 46.2 Å². The summed E-state index contributed by atoms with van der Waals surface area (Å²) in [5, 5.41) is 9.40. The lowest BCUT2D eigenvalue weighted by molar-refractivity contribution is -0.0968. The summed E-state index contributed by atoms with van der Waals surface area (Å²) in [6, 6.07) is 1.95. The normalized spacial score (nSPS) is 15.4. The molecule has 0 bridgehead atoms. The zero-order chi connectivity index (χ0) is 11.6. The van der Waals surface area contributed by atoms with Gasteiger partial charge in [0.2, 0.25) is 0 Å². The quantitative estimate of drug-likeness (QED) is 0.760. The summed E-state index contributed by atoms with van der Waals surface area (Å²) in [5.41, 5.74) is 1.47. The average molecular weight is 223 g/mol. The number of nitrogens with two attached hydrogens (primary N) is 1. The maximum atomic E-state index is 13.1. The van der Waals surface area contributed by atoms with Crippen LogP contribution in [0.3, 0.4) is 0 Å². The highest BCUT2D eigenvalue weighted by Gasteiger charge is 2.40. The van der Waals surface area contributed by atoms with Crippen LogP contribution >= 0.6 is 0 Å². The third kappa shape index (κ3) is 2.10. The Morgan fingerprint density at radius 2 is 1.93 bits per heavy atom. The van der Waals surface area contributed by atoms with Crippen LogP contribution in [0, 0.1) is 11.6 Å². The molecule has 0 aliphatic rings. The Balaban J connectivity index is 3.24. The van der Waals surface area contributed by atoms with Crippen molar-refractivity contribution in [2.45, 2.75) is 12.0 Å². The number of aliphatic hydroxyl groups is 1. The summed E-state index contributed by atoms with van der Waals surface area (Å²) >= 11 is 0. The number of hydrogen-bond donors (Lipinski definition) is 2.